The summed E-state index contributed by atoms with van der Waals surface area (Å²) in [6.07, 6.45) is 4.22. The SMILES string of the molecule is C=C1N=C(c2ccc(CN3CC(c4nc(-c5cccc(C)n5)n[nH]4)C3)cc2)C(c2ccccc2)=CN1/C(C)=C\C. The van der Waals surface area contributed by atoms with Crippen molar-refractivity contribution in [3.63, 3.8) is 0 Å². The van der Waals surface area contributed by atoms with Crippen LogP contribution in [0.3, 0.4) is 0 Å². The molecule has 0 amide bonds. The molecule has 2 aromatic heterocycles. The van der Waals surface area contributed by atoms with Gasteiger partial charge in [-0.15, -0.1) is 0 Å². The summed E-state index contributed by atoms with van der Waals surface area (Å²) in [5.74, 6) is 2.67. The molecule has 1 fully saturated rings. The van der Waals surface area contributed by atoms with Crippen LogP contribution < -0.4 is 0 Å². The minimum atomic E-state index is 0.357. The molecule has 4 aromatic rings. The van der Waals surface area contributed by atoms with E-state index in [9.17, 15) is 0 Å². The van der Waals surface area contributed by atoms with Gasteiger partial charge in [0.2, 0.25) is 0 Å². The van der Waals surface area contributed by atoms with E-state index in [0.717, 1.165) is 70.8 Å². The fraction of sp³-hybridized carbons (Fsp3) is 0.212. The minimum Gasteiger partial charge on any atom is -0.306 e. The van der Waals surface area contributed by atoms with E-state index in [2.05, 4.69) is 99.3 Å². The summed E-state index contributed by atoms with van der Waals surface area (Å²) in [6.45, 7) is 13.1. The first-order valence-electron chi connectivity index (χ1n) is 13.6. The molecule has 40 heavy (non-hydrogen) atoms. The van der Waals surface area contributed by atoms with Crippen molar-refractivity contribution in [2.45, 2.75) is 33.2 Å². The van der Waals surface area contributed by atoms with Crippen LogP contribution in [0, 0.1) is 6.92 Å². The summed E-state index contributed by atoms with van der Waals surface area (Å²) < 4.78 is 0. The number of nitrogens with zero attached hydrogens (tertiary/aromatic N) is 6. The van der Waals surface area contributed by atoms with E-state index < -0.39 is 0 Å². The quantitative estimate of drug-likeness (QED) is 0.305. The molecule has 4 heterocycles. The smallest absolute Gasteiger partial charge is 0.199 e. The Morgan fingerprint density at radius 3 is 2.48 bits per heavy atom. The summed E-state index contributed by atoms with van der Waals surface area (Å²) in [6, 6.07) is 25.1. The second-order valence-corrected chi connectivity index (χ2v) is 10.4. The highest BCUT2D eigenvalue weighted by Gasteiger charge is 2.31. The second-order valence-electron chi connectivity index (χ2n) is 10.4. The molecule has 0 radical (unpaired) electrons. The Bertz CT molecular complexity index is 1620. The number of allylic oxidation sites excluding steroid dienone is 3. The lowest BCUT2D eigenvalue weighted by atomic mass is 9.94. The number of rotatable bonds is 7. The zero-order chi connectivity index (χ0) is 27.6. The monoisotopic (exact) mass is 527 g/mol. The zero-order valence-corrected chi connectivity index (χ0v) is 23.2. The fourth-order valence-electron chi connectivity index (χ4n) is 5.14. The third kappa shape index (κ3) is 5.16. The van der Waals surface area contributed by atoms with Crippen LogP contribution in [0.5, 0.6) is 0 Å². The van der Waals surface area contributed by atoms with Gasteiger partial charge in [-0.2, -0.15) is 5.10 Å². The molecular weight excluding hydrogens is 494 g/mol. The average molecular weight is 528 g/mol. The Morgan fingerprint density at radius 2 is 1.75 bits per heavy atom. The Kier molecular flexibility index (Phi) is 6.97. The van der Waals surface area contributed by atoms with Gasteiger partial charge in [0.25, 0.3) is 0 Å². The molecule has 1 saturated heterocycles. The second kappa shape index (κ2) is 10.9. The molecule has 0 atom stereocenters. The van der Waals surface area contributed by atoms with Crippen molar-refractivity contribution in [3.8, 4) is 11.5 Å². The van der Waals surface area contributed by atoms with Gasteiger partial charge in [0, 0.05) is 54.3 Å². The highest BCUT2D eigenvalue weighted by atomic mass is 15.3. The summed E-state index contributed by atoms with van der Waals surface area (Å²) in [7, 11) is 0. The summed E-state index contributed by atoms with van der Waals surface area (Å²) in [5, 5.41) is 7.53. The topological polar surface area (TPSA) is 73.3 Å². The van der Waals surface area contributed by atoms with Gasteiger partial charge in [0.15, 0.2) is 5.82 Å². The van der Waals surface area contributed by atoms with E-state index in [1.807, 2.05) is 38.1 Å². The zero-order valence-electron chi connectivity index (χ0n) is 23.2. The molecule has 0 bridgehead atoms. The standard InChI is InChI=1S/C33H33N7/c1-5-23(3)40-21-29(26-11-7-6-8-12-26)31(35-24(40)4)27-16-14-25(15-17-27)18-39-19-28(20-39)32-36-33(38-37-32)30-13-9-10-22(2)34-30/h5-17,21,28H,4,18-20H2,1-3H3,(H,36,37,38)/b23-5-. The number of hydrogen-bond acceptors (Lipinski definition) is 6. The number of aromatic nitrogens is 4. The van der Waals surface area contributed by atoms with Crippen molar-refractivity contribution in [3.05, 3.63) is 131 Å². The number of benzene rings is 2. The van der Waals surface area contributed by atoms with Crippen molar-refractivity contribution in [2.24, 2.45) is 4.99 Å². The van der Waals surface area contributed by atoms with Gasteiger partial charge < -0.3 is 4.90 Å². The van der Waals surface area contributed by atoms with Crippen molar-refractivity contribution < 1.29 is 0 Å². The molecule has 0 aliphatic carbocycles. The van der Waals surface area contributed by atoms with Crippen LogP contribution in [0.4, 0.5) is 0 Å². The number of aryl methyl sites for hydroxylation is 1. The first-order chi connectivity index (χ1) is 19.5. The lowest BCUT2D eigenvalue weighted by molar-refractivity contribution is 0.135. The van der Waals surface area contributed by atoms with E-state index in [1.54, 1.807) is 0 Å². The molecule has 2 aromatic carbocycles. The predicted octanol–water partition coefficient (Wildman–Crippen LogP) is 6.32. The van der Waals surface area contributed by atoms with Crippen LogP contribution in [0.2, 0.25) is 0 Å². The number of hydrogen-bond donors (Lipinski definition) is 1. The maximum Gasteiger partial charge on any atom is 0.199 e. The Balaban J connectivity index is 1.13. The van der Waals surface area contributed by atoms with Crippen molar-refractivity contribution in [2.75, 3.05) is 13.1 Å². The molecule has 200 valence electrons. The lowest BCUT2D eigenvalue weighted by Gasteiger charge is -2.38. The van der Waals surface area contributed by atoms with Crippen LogP contribution in [-0.2, 0) is 6.54 Å². The molecule has 2 aliphatic rings. The van der Waals surface area contributed by atoms with Gasteiger partial charge >= 0.3 is 0 Å². The van der Waals surface area contributed by atoms with Gasteiger partial charge in [-0.25, -0.2) is 15.0 Å². The first kappa shape index (κ1) is 25.6. The highest BCUT2D eigenvalue weighted by Crippen LogP contribution is 2.31. The largest absolute Gasteiger partial charge is 0.306 e. The van der Waals surface area contributed by atoms with E-state index in [0.29, 0.717) is 11.7 Å². The predicted molar refractivity (Wildman–Crippen MR) is 160 cm³/mol. The van der Waals surface area contributed by atoms with Gasteiger partial charge in [0.1, 0.15) is 17.3 Å². The third-order valence-corrected chi connectivity index (χ3v) is 7.51. The van der Waals surface area contributed by atoms with Crippen LogP contribution in [0.1, 0.15) is 48.0 Å². The molecule has 1 N–H and O–H groups in total. The molecule has 7 heteroatoms. The van der Waals surface area contributed by atoms with Gasteiger partial charge in [-0.1, -0.05) is 73.3 Å². The van der Waals surface area contributed by atoms with Crippen molar-refractivity contribution >= 4 is 11.3 Å². The number of aliphatic imine (C=N–C) groups is 1. The van der Waals surface area contributed by atoms with Crippen LogP contribution in [-0.4, -0.2) is 48.8 Å². The van der Waals surface area contributed by atoms with E-state index in [4.69, 9.17) is 9.98 Å². The average Bonchev–Trinajstić information content (AvgIpc) is 3.45. The highest BCUT2D eigenvalue weighted by molar-refractivity contribution is 6.32. The van der Waals surface area contributed by atoms with Crippen LogP contribution in [0.15, 0.2) is 108 Å². The summed E-state index contributed by atoms with van der Waals surface area (Å²) in [4.78, 5) is 18.7. The number of nitrogens with one attached hydrogen (secondary N) is 1. The van der Waals surface area contributed by atoms with Gasteiger partial charge in [-0.05, 0) is 44.0 Å². The molecular formula is C33H33N7. The van der Waals surface area contributed by atoms with Crippen molar-refractivity contribution in [1.82, 2.24) is 30.0 Å². The molecule has 0 spiro atoms. The van der Waals surface area contributed by atoms with E-state index in [1.165, 1.54) is 5.56 Å². The number of pyridine rings is 1. The minimum absolute atomic E-state index is 0.357. The molecule has 0 saturated carbocycles. The molecule has 2 aliphatic heterocycles. The number of H-pyrrole nitrogens is 1. The Hall–Kier alpha value is -4.62. The van der Waals surface area contributed by atoms with Crippen molar-refractivity contribution in [1.29, 1.82) is 0 Å². The van der Waals surface area contributed by atoms with Gasteiger partial charge in [0.05, 0.1) is 5.71 Å². The summed E-state index contributed by atoms with van der Waals surface area (Å²) >= 11 is 0. The normalized spacial score (nSPS) is 16.5. The third-order valence-electron chi connectivity index (χ3n) is 7.51. The molecule has 6 rings (SSSR count). The van der Waals surface area contributed by atoms with Crippen LogP contribution >= 0.6 is 0 Å². The maximum absolute atomic E-state index is 4.96. The van der Waals surface area contributed by atoms with E-state index in [-0.39, 0.29) is 0 Å². The fourth-order valence-corrected chi connectivity index (χ4v) is 5.14. The first-order valence-corrected chi connectivity index (χ1v) is 13.6. The maximum atomic E-state index is 4.96. The lowest BCUT2D eigenvalue weighted by Crippen LogP contribution is -2.44. The Morgan fingerprint density at radius 1 is 0.975 bits per heavy atom. The van der Waals surface area contributed by atoms with Crippen LogP contribution in [0.25, 0.3) is 17.1 Å². The van der Waals surface area contributed by atoms with E-state index >= 15 is 0 Å². The number of aromatic amines is 1. The van der Waals surface area contributed by atoms with Gasteiger partial charge in [-0.3, -0.25) is 10.00 Å². The Labute approximate surface area is 235 Å². The summed E-state index contributed by atoms with van der Waals surface area (Å²) in [5.41, 5.74) is 8.37. The molecule has 0 unspecified atom stereocenters. The molecule has 7 nitrogen and oxygen atoms in total. The number of likely N-dealkylation sites (tertiary alicyclic amines) is 1.